The van der Waals surface area contributed by atoms with Crippen molar-refractivity contribution in [2.45, 2.75) is 12.5 Å². The Hall–Kier alpha value is -1.66. The Labute approximate surface area is 117 Å². The molecule has 4 rings (SSSR count). The molecule has 1 atom stereocenters. The first kappa shape index (κ1) is 11.2. The monoisotopic (exact) mass is 318 g/mol. The van der Waals surface area contributed by atoms with E-state index in [9.17, 15) is 0 Å². The minimum atomic E-state index is -0.0684. The summed E-state index contributed by atoms with van der Waals surface area (Å²) in [7, 11) is 0. The number of aromatic nitrogens is 3. The van der Waals surface area contributed by atoms with Crippen molar-refractivity contribution >= 4 is 27.0 Å². The van der Waals surface area contributed by atoms with Crippen LogP contribution in [-0.2, 0) is 6.42 Å². The van der Waals surface area contributed by atoms with Gasteiger partial charge in [0.05, 0.1) is 12.0 Å². The summed E-state index contributed by atoms with van der Waals surface area (Å²) in [5.74, 6) is 0.668. The van der Waals surface area contributed by atoms with E-state index >= 15 is 0 Å². The van der Waals surface area contributed by atoms with Crippen LogP contribution in [0.2, 0.25) is 0 Å². The molecule has 0 bridgehead atoms. The molecule has 96 valence electrons. The summed E-state index contributed by atoms with van der Waals surface area (Å²) in [6.45, 7) is 0.891. The summed E-state index contributed by atoms with van der Waals surface area (Å²) in [5.41, 5.74) is 3.79. The Morgan fingerprint density at radius 1 is 1.37 bits per heavy atom. The van der Waals surface area contributed by atoms with Crippen molar-refractivity contribution in [2.75, 3.05) is 6.54 Å². The lowest BCUT2D eigenvalue weighted by Gasteiger charge is -2.19. The van der Waals surface area contributed by atoms with Gasteiger partial charge in [-0.05, 0) is 18.2 Å². The van der Waals surface area contributed by atoms with Crippen LogP contribution < -0.4 is 5.32 Å². The molecule has 0 aliphatic carbocycles. The van der Waals surface area contributed by atoms with Crippen molar-refractivity contribution in [3.63, 3.8) is 0 Å². The molecule has 0 radical (unpaired) electrons. The number of rotatable bonds is 1. The summed E-state index contributed by atoms with van der Waals surface area (Å²) >= 11 is 3.44. The molecule has 0 spiro atoms. The van der Waals surface area contributed by atoms with E-state index in [0.717, 1.165) is 39.9 Å². The van der Waals surface area contributed by atoms with Crippen LogP contribution >= 0.6 is 15.9 Å². The summed E-state index contributed by atoms with van der Waals surface area (Å²) in [4.78, 5) is 12.1. The van der Waals surface area contributed by atoms with E-state index in [4.69, 9.17) is 4.42 Å². The molecule has 1 aromatic carbocycles. The van der Waals surface area contributed by atoms with Crippen LogP contribution in [0.4, 0.5) is 0 Å². The first-order valence-corrected chi connectivity index (χ1v) is 6.92. The van der Waals surface area contributed by atoms with Crippen molar-refractivity contribution in [2.24, 2.45) is 0 Å². The number of nitrogens with zero attached hydrogens (tertiary/aromatic N) is 2. The van der Waals surface area contributed by atoms with Crippen LogP contribution in [0, 0.1) is 0 Å². The fourth-order valence-corrected chi connectivity index (χ4v) is 2.81. The highest BCUT2D eigenvalue weighted by atomic mass is 79.9. The normalized spacial score (nSPS) is 18.7. The molecule has 0 amide bonds. The molecule has 3 aromatic rings. The first-order valence-electron chi connectivity index (χ1n) is 6.13. The lowest BCUT2D eigenvalue weighted by Crippen LogP contribution is -2.30. The predicted molar refractivity (Wildman–Crippen MR) is 73.8 cm³/mol. The number of H-pyrrole nitrogens is 1. The minimum absolute atomic E-state index is 0.0684. The summed E-state index contributed by atoms with van der Waals surface area (Å²) < 4.78 is 6.84. The van der Waals surface area contributed by atoms with Gasteiger partial charge in [-0.3, -0.25) is 0 Å². The largest absolute Gasteiger partial charge is 0.439 e. The topological polar surface area (TPSA) is 66.7 Å². The maximum atomic E-state index is 5.84. The van der Waals surface area contributed by atoms with Crippen LogP contribution in [-0.4, -0.2) is 21.5 Å². The second-order valence-corrected chi connectivity index (χ2v) is 5.48. The van der Waals surface area contributed by atoms with Gasteiger partial charge in [-0.1, -0.05) is 15.9 Å². The van der Waals surface area contributed by atoms with Gasteiger partial charge < -0.3 is 14.7 Å². The Bertz CT molecular complexity index is 748. The van der Waals surface area contributed by atoms with Gasteiger partial charge in [0, 0.05) is 23.1 Å². The van der Waals surface area contributed by atoms with Crippen LogP contribution in [0.25, 0.3) is 11.1 Å². The molecule has 19 heavy (non-hydrogen) atoms. The fourth-order valence-electron chi connectivity index (χ4n) is 2.46. The molecule has 0 unspecified atom stereocenters. The van der Waals surface area contributed by atoms with E-state index < -0.39 is 0 Å². The summed E-state index contributed by atoms with van der Waals surface area (Å²) in [6.07, 6.45) is 2.68. The standard InChI is InChI=1S/C13H11BrN4O/c14-7-1-2-10-9(5-7)18-13(19-10)12-11-8(3-4-15-12)16-6-17-11/h1-2,5-6,12,15H,3-4H2,(H,16,17)/t12-/m1/s1. The van der Waals surface area contributed by atoms with Gasteiger partial charge in [-0.25, -0.2) is 9.97 Å². The van der Waals surface area contributed by atoms with Crippen molar-refractivity contribution in [3.8, 4) is 0 Å². The van der Waals surface area contributed by atoms with Gasteiger partial charge >= 0.3 is 0 Å². The van der Waals surface area contributed by atoms with Crippen molar-refractivity contribution < 1.29 is 4.42 Å². The summed E-state index contributed by atoms with van der Waals surface area (Å²) in [5, 5.41) is 3.40. The zero-order chi connectivity index (χ0) is 12.8. The molecule has 6 heteroatoms. The van der Waals surface area contributed by atoms with E-state index in [1.54, 1.807) is 6.33 Å². The molecular weight excluding hydrogens is 308 g/mol. The second kappa shape index (κ2) is 4.18. The Balaban J connectivity index is 1.83. The average Bonchev–Trinajstić information content (AvgIpc) is 3.03. The van der Waals surface area contributed by atoms with Gasteiger partial charge in [-0.15, -0.1) is 0 Å². The van der Waals surface area contributed by atoms with Crippen LogP contribution in [0.5, 0.6) is 0 Å². The first-order chi connectivity index (χ1) is 9.31. The highest BCUT2D eigenvalue weighted by Crippen LogP contribution is 2.29. The van der Waals surface area contributed by atoms with E-state index in [1.807, 2.05) is 18.2 Å². The minimum Gasteiger partial charge on any atom is -0.439 e. The van der Waals surface area contributed by atoms with Crippen molar-refractivity contribution in [1.82, 2.24) is 20.3 Å². The number of hydrogen-bond acceptors (Lipinski definition) is 4. The number of aromatic amines is 1. The van der Waals surface area contributed by atoms with Gasteiger partial charge in [-0.2, -0.15) is 0 Å². The molecule has 1 aliphatic rings. The SMILES string of the molecule is Brc1ccc2oc([C@@H]3NCCc4[nH]cnc43)nc2c1. The van der Waals surface area contributed by atoms with Crippen molar-refractivity contribution in [3.05, 3.63) is 46.3 Å². The number of benzene rings is 1. The number of hydrogen-bond donors (Lipinski definition) is 2. The fraction of sp³-hybridized carbons (Fsp3) is 0.231. The van der Waals surface area contributed by atoms with Crippen molar-refractivity contribution in [1.29, 1.82) is 0 Å². The lowest BCUT2D eigenvalue weighted by molar-refractivity contribution is 0.433. The third-order valence-corrected chi connectivity index (χ3v) is 3.85. The molecular formula is C13H11BrN4O. The quantitative estimate of drug-likeness (QED) is 0.723. The molecule has 2 N–H and O–H groups in total. The highest BCUT2D eigenvalue weighted by Gasteiger charge is 2.27. The number of halogens is 1. The van der Waals surface area contributed by atoms with Crippen LogP contribution in [0.1, 0.15) is 23.3 Å². The maximum Gasteiger partial charge on any atom is 0.218 e. The van der Waals surface area contributed by atoms with Crippen LogP contribution in [0.3, 0.4) is 0 Å². The molecule has 1 aliphatic heterocycles. The third-order valence-electron chi connectivity index (χ3n) is 3.36. The second-order valence-electron chi connectivity index (χ2n) is 4.57. The molecule has 2 aromatic heterocycles. The smallest absolute Gasteiger partial charge is 0.218 e. The highest BCUT2D eigenvalue weighted by molar-refractivity contribution is 9.10. The average molecular weight is 319 g/mol. The predicted octanol–water partition coefficient (Wildman–Crippen LogP) is 2.55. The molecule has 0 fully saturated rings. The van der Waals surface area contributed by atoms with E-state index in [1.165, 1.54) is 0 Å². The maximum absolute atomic E-state index is 5.84. The van der Waals surface area contributed by atoms with E-state index in [-0.39, 0.29) is 6.04 Å². The zero-order valence-corrected chi connectivity index (χ0v) is 11.6. The number of oxazole rings is 1. The Morgan fingerprint density at radius 2 is 2.32 bits per heavy atom. The van der Waals surface area contributed by atoms with Crippen LogP contribution in [0.15, 0.2) is 33.4 Å². The number of nitrogens with one attached hydrogen (secondary N) is 2. The molecule has 3 heterocycles. The number of fused-ring (bicyclic) bond motifs is 2. The Kier molecular flexibility index (Phi) is 2.46. The third kappa shape index (κ3) is 1.79. The van der Waals surface area contributed by atoms with Gasteiger partial charge in [0.25, 0.3) is 0 Å². The zero-order valence-electron chi connectivity index (χ0n) is 9.98. The van der Waals surface area contributed by atoms with Gasteiger partial charge in [0.2, 0.25) is 5.89 Å². The summed E-state index contributed by atoms with van der Waals surface area (Å²) in [6, 6.07) is 5.76. The lowest BCUT2D eigenvalue weighted by atomic mass is 10.1. The van der Waals surface area contributed by atoms with Gasteiger partial charge in [0.15, 0.2) is 5.58 Å². The molecule has 5 nitrogen and oxygen atoms in total. The molecule has 0 saturated heterocycles. The Morgan fingerprint density at radius 3 is 3.26 bits per heavy atom. The molecule has 0 saturated carbocycles. The van der Waals surface area contributed by atoms with E-state index in [0.29, 0.717) is 5.89 Å². The number of imidazole rings is 1. The van der Waals surface area contributed by atoms with Gasteiger partial charge in [0.1, 0.15) is 11.6 Å². The van der Waals surface area contributed by atoms with E-state index in [2.05, 4.69) is 36.2 Å².